The van der Waals surface area contributed by atoms with Crippen molar-refractivity contribution in [2.45, 2.75) is 82.3 Å². The van der Waals surface area contributed by atoms with Gasteiger partial charge < -0.3 is 5.32 Å². The molecule has 1 spiro atoms. The Hall–Kier alpha value is -0.860. The molecule has 0 amide bonds. The SMILES string of the molecule is c1ccc(CN2CC(C3CCCCC3)NCC23CCCCC3)cc1. The molecule has 1 aromatic carbocycles. The summed E-state index contributed by atoms with van der Waals surface area (Å²) in [6.07, 6.45) is 14.3. The van der Waals surface area contributed by atoms with Crippen LogP contribution in [0.15, 0.2) is 30.3 Å². The summed E-state index contributed by atoms with van der Waals surface area (Å²) in [6.45, 7) is 3.63. The van der Waals surface area contributed by atoms with Crippen LogP contribution in [0.25, 0.3) is 0 Å². The number of nitrogens with one attached hydrogen (secondary N) is 1. The zero-order chi connectivity index (χ0) is 16.2. The Morgan fingerprint density at radius 2 is 1.62 bits per heavy atom. The zero-order valence-corrected chi connectivity index (χ0v) is 15.2. The summed E-state index contributed by atoms with van der Waals surface area (Å²) in [5.41, 5.74) is 1.92. The minimum atomic E-state index is 0.430. The molecule has 4 rings (SSSR count). The summed E-state index contributed by atoms with van der Waals surface area (Å²) < 4.78 is 0. The molecule has 1 N–H and O–H groups in total. The quantitative estimate of drug-likeness (QED) is 0.863. The average molecular weight is 327 g/mol. The van der Waals surface area contributed by atoms with Gasteiger partial charge in [-0.3, -0.25) is 4.90 Å². The van der Waals surface area contributed by atoms with E-state index >= 15 is 0 Å². The molecule has 1 aromatic rings. The average Bonchev–Trinajstić information content (AvgIpc) is 2.66. The van der Waals surface area contributed by atoms with Gasteiger partial charge in [-0.25, -0.2) is 0 Å². The van der Waals surface area contributed by atoms with Gasteiger partial charge in [-0.15, -0.1) is 0 Å². The molecule has 3 aliphatic rings. The minimum absolute atomic E-state index is 0.430. The van der Waals surface area contributed by atoms with Gasteiger partial charge in [0.05, 0.1) is 0 Å². The maximum atomic E-state index is 4.02. The second-order valence-corrected chi connectivity index (χ2v) is 8.54. The number of rotatable bonds is 3. The Kier molecular flexibility index (Phi) is 5.24. The van der Waals surface area contributed by atoms with Crippen LogP contribution in [-0.2, 0) is 6.54 Å². The van der Waals surface area contributed by atoms with Gasteiger partial charge in [-0.2, -0.15) is 0 Å². The lowest BCUT2D eigenvalue weighted by atomic mass is 9.75. The first kappa shape index (κ1) is 16.6. The zero-order valence-electron chi connectivity index (χ0n) is 15.2. The third kappa shape index (κ3) is 3.55. The van der Waals surface area contributed by atoms with E-state index in [9.17, 15) is 0 Å². The second kappa shape index (κ2) is 7.58. The summed E-state index contributed by atoms with van der Waals surface area (Å²) in [6, 6.07) is 11.9. The van der Waals surface area contributed by atoms with Gasteiger partial charge in [0.1, 0.15) is 0 Å². The van der Waals surface area contributed by atoms with Crippen LogP contribution >= 0.6 is 0 Å². The highest BCUT2D eigenvalue weighted by Gasteiger charge is 2.43. The van der Waals surface area contributed by atoms with Gasteiger partial charge in [0, 0.05) is 31.2 Å². The first-order valence-electron chi connectivity index (χ1n) is 10.4. The van der Waals surface area contributed by atoms with Crippen molar-refractivity contribution >= 4 is 0 Å². The largest absolute Gasteiger partial charge is 0.311 e. The number of hydrogen-bond acceptors (Lipinski definition) is 2. The predicted molar refractivity (Wildman–Crippen MR) is 101 cm³/mol. The fourth-order valence-corrected chi connectivity index (χ4v) is 5.52. The third-order valence-corrected chi connectivity index (χ3v) is 7.00. The van der Waals surface area contributed by atoms with Crippen LogP contribution < -0.4 is 5.32 Å². The van der Waals surface area contributed by atoms with E-state index in [1.807, 2.05) is 0 Å². The van der Waals surface area contributed by atoms with Crippen LogP contribution in [0, 0.1) is 5.92 Å². The van der Waals surface area contributed by atoms with Crippen molar-refractivity contribution in [1.82, 2.24) is 10.2 Å². The summed E-state index contributed by atoms with van der Waals surface area (Å²) in [5, 5.41) is 4.02. The molecular weight excluding hydrogens is 292 g/mol. The van der Waals surface area contributed by atoms with E-state index in [1.165, 1.54) is 82.9 Å². The Morgan fingerprint density at radius 3 is 2.38 bits per heavy atom. The normalized spacial score (nSPS) is 28.9. The molecule has 3 fully saturated rings. The Labute approximate surface area is 148 Å². The third-order valence-electron chi connectivity index (χ3n) is 7.00. The van der Waals surface area contributed by atoms with Crippen molar-refractivity contribution in [1.29, 1.82) is 0 Å². The molecule has 1 heterocycles. The van der Waals surface area contributed by atoms with Crippen LogP contribution in [0.2, 0.25) is 0 Å². The van der Waals surface area contributed by atoms with E-state index < -0.39 is 0 Å². The molecule has 132 valence electrons. The van der Waals surface area contributed by atoms with Gasteiger partial charge in [0.15, 0.2) is 0 Å². The fraction of sp³-hybridized carbons (Fsp3) is 0.727. The van der Waals surface area contributed by atoms with Crippen LogP contribution in [0.5, 0.6) is 0 Å². The number of nitrogens with zero attached hydrogens (tertiary/aromatic N) is 1. The molecule has 1 atom stereocenters. The summed E-state index contributed by atoms with van der Waals surface area (Å²) in [5.74, 6) is 0.915. The Morgan fingerprint density at radius 1 is 0.917 bits per heavy atom. The van der Waals surface area contributed by atoms with Crippen molar-refractivity contribution < 1.29 is 0 Å². The monoisotopic (exact) mass is 326 g/mol. The highest BCUT2D eigenvalue weighted by atomic mass is 15.3. The number of piperazine rings is 1. The molecule has 0 aromatic heterocycles. The molecule has 1 aliphatic heterocycles. The van der Waals surface area contributed by atoms with Crippen molar-refractivity contribution in [3.8, 4) is 0 Å². The highest BCUT2D eigenvalue weighted by Crippen LogP contribution is 2.38. The topological polar surface area (TPSA) is 15.3 Å². The van der Waals surface area contributed by atoms with Gasteiger partial charge in [-0.1, -0.05) is 68.9 Å². The van der Waals surface area contributed by atoms with E-state index in [2.05, 4.69) is 40.5 Å². The molecule has 2 heteroatoms. The van der Waals surface area contributed by atoms with Gasteiger partial charge >= 0.3 is 0 Å². The fourth-order valence-electron chi connectivity index (χ4n) is 5.52. The highest BCUT2D eigenvalue weighted by molar-refractivity contribution is 5.16. The molecule has 1 saturated heterocycles. The number of hydrogen-bond donors (Lipinski definition) is 1. The molecule has 2 aliphatic carbocycles. The smallest absolute Gasteiger partial charge is 0.0338 e. The van der Waals surface area contributed by atoms with Gasteiger partial charge in [0.25, 0.3) is 0 Å². The predicted octanol–water partition coefficient (Wildman–Crippen LogP) is 4.74. The minimum Gasteiger partial charge on any atom is -0.311 e. The molecule has 2 nitrogen and oxygen atoms in total. The van der Waals surface area contributed by atoms with E-state index in [-0.39, 0.29) is 0 Å². The van der Waals surface area contributed by atoms with E-state index in [0.717, 1.165) is 18.5 Å². The van der Waals surface area contributed by atoms with Crippen molar-refractivity contribution in [2.24, 2.45) is 5.92 Å². The lowest BCUT2D eigenvalue weighted by Crippen LogP contribution is -2.66. The Balaban J connectivity index is 1.51. The van der Waals surface area contributed by atoms with Crippen LogP contribution in [0.3, 0.4) is 0 Å². The van der Waals surface area contributed by atoms with Crippen molar-refractivity contribution in [3.63, 3.8) is 0 Å². The lowest BCUT2D eigenvalue weighted by Gasteiger charge is -2.53. The molecule has 1 unspecified atom stereocenters. The molecule has 0 radical (unpaired) electrons. The lowest BCUT2D eigenvalue weighted by molar-refractivity contribution is -0.0103. The first-order valence-corrected chi connectivity index (χ1v) is 10.4. The molecule has 2 saturated carbocycles. The standard InChI is InChI=1S/C22H34N2/c1-4-10-19(11-5-1)16-24-17-21(20-12-6-2-7-13-20)23-18-22(24)14-8-3-9-15-22/h1,4-5,10-11,20-21,23H,2-3,6-9,12-18H2. The van der Waals surface area contributed by atoms with E-state index in [4.69, 9.17) is 0 Å². The van der Waals surface area contributed by atoms with Crippen molar-refractivity contribution in [3.05, 3.63) is 35.9 Å². The molecule has 24 heavy (non-hydrogen) atoms. The maximum Gasteiger partial charge on any atom is 0.0338 e. The molecular formula is C22H34N2. The van der Waals surface area contributed by atoms with E-state index in [0.29, 0.717) is 5.54 Å². The Bertz CT molecular complexity index is 500. The second-order valence-electron chi connectivity index (χ2n) is 8.54. The summed E-state index contributed by atoms with van der Waals surface area (Å²) in [7, 11) is 0. The van der Waals surface area contributed by atoms with Crippen molar-refractivity contribution in [2.75, 3.05) is 13.1 Å². The van der Waals surface area contributed by atoms with Gasteiger partial charge in [0.2, 0.25) is 0 Å². The number of benzene rings is 1. The summed E-state index contributed by atoms with van der Waals surface area (Å²) >= 11 is 0. The van der Waals surface area contributed by atoms with Crippen LogP contribution in [0.1, 0.15) is 69.8 Å². The van der Waals surface area contributed by atoms with E-state index in [1.54, 1.807) is 0 Å². The summed E-state index contributed by atoms with van der Waals surface area (Å²) in [4.78, 5) is 2.89. The maximum absolute atomic E-state index is 4.02. The van der Waals surface area contributed by atoms with Crippen LogP contribution in [0.4, 0.5) is 0 Å². The first-order chi connectivity index (χ1) is 11.9. The van der Waals surface area contributed by atoms with Crippen LogP contribution in [-0.4, -0.2) is 29.6 Å². The van der Waals surface area contributed by atoms with Gasteiger partial charge in [-0.05, 0) is 37.2 Å². The molecule has 0 bridgehead atoms.